The lowest BCUT2D eigenvalue weighted by molar-refractivity contribution is 0.110. The molecule has 1 aliphatic rings. The van der Waals surface area contributed by atoms with Crippen LogP contribution in [0.5, 0.6) is 28.7 Å². The van der Waals surface area contributed by atoms with Gasteiger partial charge < -0.3 is 34.3 Å². The van der Waals surface area contributed by atoms with Crippen molar-refractivity contribution in [2.24, 2.45) is 0 Å². The number of methoxy groups -OCH3 is 3. The van der Waals surface area contributed by atoms with Gasteiger partial charge in [-0.25, -0.2) is 0 Å². The molecule has 4 aromatic rings. The molecule has 7 heteroatoms. The van der Waals surface area contributed by atoms with E-state index in [9.17, 15) is 15.3 Å². The Morgan fingerprint density at radius 1 is 0.692 bits per heavy atom. The number of hydrogen-bond acceptors (Lipinski definition) is 7. The zero-order valence-corrected chi connectivity index (χ0v) is 23.6. The maximum Gasteiger partial charge on any atom is 0.164 e. The predicted octanol–water partition coefficient (Wildman–Crippen LogP) is 6.87. The molecule has 7 nitrogen and oxygen atoms in total. The third-order valence-electron chi connectivity index (χ3n) is 7.79. The molecular weight excluding hydrogens is 496 g/mol. The van der Waals surface area contributed by atoms with Gasteiger partial charge in [-0.2, -0.15) is 0 Å². The van der Waals surface area contributed by atoms with Gasteiger partial charge in [-0.15, -0.1) is 0 Å². The van der Waals surface area contributed by atoms with E-state index in [1.54, 1.807) is 33.5 Å². The Bertz CT molecular complexity index is 1480. The van der Waals surface area contributed by atoms with Gasteiger partial charge in [-0.3, -0.25) is 0 Å². The Morgan fingerprint density at radius 3 is 1.62 bits per heavy atom. The highest BCUT2D eigenvalue weighted by Crippen LogP contribution is 2.53. The molecule has 4 aromatic carbocycles. The summed E-state index contributed by atoms with van der Waals surface area (Å²) in [6.07, 6.45) is 0. The van der Waals surface area contributed by atoms with E-state index in [0.29, 0.717) is 44.7 Å². The van der Waals surface area contributed by atoms with E-state index >= 15 is 0 Å². The van der Waals surface area contributed by atoms with E-state index in [1.165, 1.54) is 0 Å². The van der Waals surface area contributed by atoms with Gasteiger partial charge in [0.2, 0.25) is 0 Å². The molecule has 3 N–H and O–H groups in total. The summed E-state index contributed by atoms with van der Waals surface area (Å²) in [5.74, 6) is 1.92. The van der Waals surface area contributed by atoms with Gasteiger partial charge in [0.05, 0.1) is 41.2 Å². The number of benzene rings is 4. The van der Waals surface area contributed by atoms with Crippen molar-refractivity contribution in [1.82, 2.24) is 0 Å². The standard InChI is InChI=1S/C32H36O7/c1-15(2)26-19-8-17-13-39-14-18-9-20-22(11-25(37-6)32(38-7)27(20)16(3)4)31(35)29(18)28(17)30(34)21(19)10-24(36-5)23(26)12-33/h8-11,15-16,33-35H,12-14H2,1-7H3. The van der Waals surface area contributed by atoms with E-state index in [-0.39, 0.29) is 43.2 Å². The van der Waals surface area contributed by atoms with Crippen molar-refractivity contribution in [2.45, 2.75) is 59.4 Å². The molecule has 0 amide bonds. The maximum atomic E-state index is 11.9. The van der Waals surface area contributed by atoms with Crippen molar-refractivity contribution in [1.29, 1.82) is 0 Å². The smallest absolute Gasteiger partial charge is 0.164 e. The summed E-state index contributed by atoms with van der Waals surface area (Å²) >= 11 is 0. The molecule has 0 aromatic heterocycles. The van der Waals surface area contributed by atoms with Crippen molar-refractivity contribution in [2.75, 3.05) is 21.3 Å². The summed E-state index contributed by atoms with van der Waals surface area (Å²) in [6.45, 7) is 8.58. The number of fused-ring (bicyclic) bond motifs is 5. The molecule has 0 unspecified atom stereocenters. The monoisotopic (exact) mass is 532 g/mol. The van der Waals surface area contributed by atoms with Gasteiger partial charge >= 0.3 is 0 Å². The second-order valence-corrected chi connectivity index (χ2v) is 10.7. The average Bonchev–Trinajstić information content (AvgIpc) is 3.10. The summed E-state index contributed by atoms with van der Waals surface area (Å²) in [5.41, 5.74) is 5.14. The van der Waals surface area contributed by atoms with Crippen LogP contribution in [0, 0.1) is 0 Å². The van der Waals surface area contributed by atoms with Crippen molar-refractivity contribution in [3.8, 4) is 39.9 Å². The fourth-order valence-electron chi connectivity index (χ4n) is 6.18. The second-order valence-electron chi connectivity index (χ2n) is 10.7. The van der Waals surface area contributed by atoms with E-state index in [4.69, 9.17) is 18.9 Å². The zero-order valence-electron chi connectivity index (χ0n) is 23.6. The van der Waals surface area contributed by atoms with Crippen LogP contribution < -0.4 is 14.2 Å². The first-order valence-electron chi connectivity index (χ1n) is 13.2. The van der Waals surface area contributed by atoms with Crippen molar-refractivity contribution in [3.05, 3.63) is 52.1 Å². The van der Waals surface area contributed by atoms with Gasteiger partial charge in [-0.1, -0.05) is 27.7 Å². The predicted molar refractivity (Wildman–Crippen MR) is 152 cm³/mol. The van der Waals surface area contributed by atoms with Gasteiger partial charge in [0.15, 0.2) is 11.5 Å². The van der Waals surface area contributed by atoms with Crippen LogP contribution in [0.3, 0.4) is 0 Å². The highest BCUT2D eigenvalue weighted by atomic mass is 16.5. The minimum atomic E-state index is -0.180. The van der Waals surface area contributed by atoms with Crippen LogP contribution in [0.1, 0.15) is 67.3 Å². The first-order valence-corrected chi connectivity index (χ1v) is 13.2. The minimum absolute atomic E-state index is 0.0400. The normalized spacial score (nSPS) is 13.1. The Hall–Kier alpha value is -3.68. The lowest BCUT2D eigenvalue weighted by atomic mass is 9.84. The number of aliphatic hydroxyl groups excluding tert-OH is 1. The summed E-state index contributed by atoms with van der Waals surface area (Å²) in [5, 5.41) is 36.8. The molecule has 0 atom stereocenters. The molecule has 0 aliphatic carbocycles. The summed E-state index contributed by atoms with van der Waals surface area (Å²) in [4.78, 5) is 0. The highest BCUT2D eigenvalue weighted by Gasteiger charge is 2.29. The first-order chi connectivity index (χ1) is 18.7. The van der Waals surface area contributed by atoms with Crippen LogP contribution >= 0.6 is 0 Å². The number of hydrogen-bond donors (Lipinski definition) is 3. The first kappa shape index (κ1) is 26.9. The summed E-state index contributed by atoms with van der Waals surface area (Å²) in [6, 6.07) is 7.57. The minimum Gasteiger partial charge on any atom is -0.507 e. The molecule has 5 rings (SSSR count). The molecule has 0 bridgehead atoms. The van der Waals surface area contributed by atoms with Crippen LogP contribution in [-0.2, 0) is 24.6 Å². The highest BCUT2D eigenvalue weighted by molar-refractivity contribution is 6.06. The van der Waals surface area contributed by atoms with Crippen LogP contribution in [0.4, 0.5) is 0 Å². The molecule has 1 heterocycles. The molecule has 0 radical (unpaired) electrons. The lowest BCUT2D eigenvalue weighted by Crippen LogP contribution is -2.03. The van der Waals surface area contributed by atoms with Crippen molar-refractivity contribution >= 4 is 21.5 Å². The van der Waals surface area contributed by atoms with E-state index in [2.05, 4.69) is 13.8 Å². The molecule has 1 aliphatic heterocycles. The van der Waals surface area contributed by atoms with Gasteiger partial charge in [0, 0.05) is 33.0 Å². The number of phenolic OH excluding ortho intramolecular Hbond substituents is 2. The number of aromatic hydroxyl groups is 2. The molecule has 0 saturated carbocycles. The third-order valence-corrected chi connectivity index (χ3v) is 7.79. The van der Waals surface area contributed by atoms with E-state index in [0.717, 1.165) is 33.0 Å². The SMILES string of the molecule is COc1cc2c(O)c3c(cc2c(C(C)C)c1CO)COCc1cc2c(C(C)C)c(OC)c(OC)cc2c(O)c1-3. The Balaban J connectivity index is 1.93. The number of ether oxygens (including phenoxy) is 4. The second kappa shape index (κ2) is 10.1. The third kappa shape index (κ3) is 4.03. The van der Waals surface area contributed by atoms with Crippen molar-refractivity contribution in [3.63, 3.8) is 0 Å². The maximum absolute atomic E-state index is 11.9. The van der Waals surface area contributed by atoms with Gasteiger partial charge in [-0.05, 0) is 63.6 Å². The van der Waals surface area contributed by atoms with Gasteiger partial charge in [0.25, 0.3) is 0 Å². The topological polar surface area (TPSA) is 97.6 Å². The number of rotatable bonds is 6. The van der Waals surface area contributed by atoms with Crippen LogP contribution in [0.15, 0.2) is 24.3 Å². The van der Waals surface area contributed by atoms with Crippen LogP contribution in [0.2, 0.25) is 0 Å². The molecule has 0 spiro atoms. The average molecular weight is 533 g/mol. The quantitative estimate of drug-likeness (QED) is 0.249. The molecule has 0 fully saturated rings. The van der Waals surface area contributed by atoms with Crippen LogP contribution in [0.25, 0.3) is 32.7 Å². The molecule has 39 heavy (non-hydrogen) atoms. The summed E-state index contributed by atoms with van der Waals surface area (Å²) in [7, 11) is 4.75. The van der Waals surface area contributed by atoms with E-state index in [1.807, 2.05) is 26.0 Å². The van der Waals surface area contributed by atoms with Crippen LogP contribution in [-0.4, -0.2) is 36.6 Å². The van der Waals surface area contributed by atoms with E-state index < -0.39 is 0 Å². The number of phenols is 2. The van der Waals surface area contributed by atoms with Crippen molar-refractivity contribution < 1.29 is 34.3 Å². The Kier molecular flexibility index (Phi) is 6.99. The molecular formula is C32H36O7. The Labute approximate surface area is 228 Å². The lowest BCUT2D eigenvalue weighted by Gasteiger charge is -2.23. The largest absolute Gasteiger partial charge is 0.507 e. The Morgan fingerprint density at radius 2 is 1.18 bits per heavy atom. The molecule has 206 valence electrons. The van der Waals surface area contributed by atoms with Gasteiger partial charge in [0.1, 0.15) is 17.2 Å². The molecule has 0 saturated heterocycles. The fourth-order valence-corrected chi connectivity index (χ4v) is 6.18. The fraction of sp³-hybridized carbons (Fsp3) is 0.375. The zero-order chi connectivity index (χ0) is 28.2. The number of aliphatic hydroxyl groups is 1. The summed E-state index contributed by atoms with van der Waals surface area (Å²) < 4.78 is 23.1.